The Morgan fingerprint density at radius 3 is 2.31 bits per heavy atom. The maximum atomic E-state index is 5.89. The molecule has 0 radical (unpaired) electrons. The van der Waals surface area contributed by atoms with Gasteiger partial charge in [-0.05, 0) is 18.2 Å². The minimum absolute atomic E-state index is 0.425. The number of ether oxygens (including phenoxy) is 3. The predicted octanol–water partition coefficient (Wildman–Crippen LogP) is 4.24. The summed E-state index contributed by atoms with van der Waals surface area (Å²) >= 11 is 5.89. The molecule has 4 aromatic rings. The van der Waals surface area contributed by atoms with Crippen molar-refractivity contribution < 1.29 is 14.2 Å². The van der Waals surface area contributed by atoms with Crippen LogP contribution in [-0.4, -0.2) is 40.8 Å². The molecule has 3 heterocycles. The smallest absolute Gasteiger partial charge is 0.229 e. The number of hydrogen-bond donors (Lipinski definition) is 1. The molecule has 148 valence electrons. The summed E-state index contributed by atoms with van der Waals surface area (Å²) in [7, 11) is 4.69. The Labute approximate surface area is 172 Å². The number of benzene rings is 1. The van der Waals surface area contributed by atoms with Crippen molar-refractivity contribution in [2.24, 2.45) is 0 Å². The van der Waals surface area contributed by atoms with Crippen LogP contribution in [0.15, 0.2) is 48.9 Å². The van der Waals surface area contributed by atoms with Crippen LogP contribution >= 0.6 is 11.6 Å². The standard InChI is InChI=1S/C20H18ClN5O3/c1-27-15-8-13(9-16(28-2)18(15)29-3)24-20-23-10-12-6-7-26(19(12)25-20)14-4-5-17(21)22-11-14/h4-11H,1-3H3,(H,23,24,25). The third-order valence-electron chi connectivity index (χ3n) is 4.34. The van der Waals surface area contributed by atoms with Gasteiger partial charge in [0.2, 0.25) is 11.7 Å². The molecule has 9 heteroatoms. The molecule has 0 bridgehead atoms. The number of hydrogen-bond acceptors (Lipinski definition) is 7. The van der Waals surface area contributed by atoms with E-state index in [2.05, 4.69) is 20.3 Å². The van der Waals surface area contributed by atoms with Crippen molar-refractivity contribution in [3.05, 3.63) is 54.1 Å². The molecule has 4 rings (SSSR count). The van der Waals surface area contributed by atoms with Gasteiger partial charge in [-0.1, -0.05) is 11.6 Å². The number of aromatic nitrogens is 4. The predicted molar refractivity (Wildman–Crippen MR) is 111 cm³/mol. The minimum Gasteiger partial charge on any atom is -0.493 e. The van der Waals surface area contributed by atoms with Crippen LogP contribution in [0.5, 0.6) is 17.2 Å². The Morgan fingerprint density at radius 2 is 1.69 bits per heavy atom. The summed E-state index contributed by atoms with van der Waals surface area (Å²) in [4.78, 5) is 13.2. The topological polar surface area (TPSA) is 83.3 Å². The molecule has 0 spiro atoms. The highest BCUT2D eigenvalue weighted by molar-refractivity contribution is 6.29. The molecule has 0 unspecified atom stereocenters. The second-order valence-electron chi connectivity index (χ2n) is 6.04. The zero-order valence-corrected chi connectivity index (χ0v) is 16.8. The number of methoxy groups -OCH3 is 3. The van der Waals surface area contributed by atoms with E-state index in [0.29, 0.717) is 34.0 Å². The summed E-state index contributed by atoms with van der Waals surface area (Å²) in [5, 5.41) is 4.52. The number of nitrogens with one attached hydrogen (secondary N) is 1. The lowest BCUT2D eigenvalue weighted by atomic mass is 10.2. The van der Waals surface area contributed by atoms with E-state index in [-0.39, 0.29) is 0 Å². The molecule has 1 aromatic carbocycles. The van der Waals surface area contributed by atoms with Gasteiger partial charge >= 0.3 is 0 Å². The fourth-order valence-electron chi connectivity index (χ4n) is 2.98. The van der Waals surface area contributed by atoms with Crippen molar-refractivity contribution in [2.45, 2.75) is 0 Å². The first-order valence-electron chi connectivity index (χ1n) is 8.66. The molecule has 1 N–H and O–H groups in total. The van der Waals surface area contributed by atoms with Crippen LogP contribution in [0.1, 0.15) is 0 Å². The van der Waals surface area contributed by atoms with Gasteiger partial charge in [-0.2, -0.15) is 4.98 Å². The molecule has 0 aliphatic heterocycles. The first-order valence-corrected chi connectivity index (χ1v) is 9.04. The molecule has 8 nitrogen and oxygen atoms in total. The first kappa shape index (κ1) is 18.8. The molecular weight excluding hydrogens is 394 g/mol. The van der Waals surface area contributed by atoms with E-state index in [1.807, 2.05) is 22.9 Å². The van der Waals surface area contributed by atoms with Gasteiger partial charge in [-0.25, -0.2) is 9.97 Å². The van der Waals surface area contributed by atoms with Gasteiger partial charge in [0.15, 0.2) is 11.5 Å². The van der Waals surface area contributed by atoms with Crippen LogP contribution in [0.25, 0.3) is 16.7 Å². The zero-order valence-electron chi connectivity index (χ0n) is 16.0. The Hall–Kier alpha value is -3.52. The third-order valence-corrected chi connectivity index (χ3v) is 4.56. The van der Waals surface area contributed by atoms with Crippen LogP contribution in [0.3, 0.4) is 0 Å². The molecule has 0 fully saturated rings. The molecule has 29 heavy (non-hydrogen) atoms. The fourth-order valence-corrected chi connectivity index (χ4v) is 3.09. The average molecular weight is 412 g/mol. The van der Waals surface area contributed by atoms with Crippen molar-refractivity contribution in [1.82, 2.24) is 19.5 Å². The summed E-state index contributed by atoms with van der Waals surface area (Å²) in [6.07, 6.45) is 5.35. The highest BCUT2D eigenvalue weighted by atomic mass is 35.5. The highest BCUT2D eigenvalue weighted by Crippen LogP contribution is 2.40. The summed E-state index contributed by atoms with van der Waals surface area (Å²) in [6.45, 7) is 0. The van der Waals surface area contributed by atoms with Gasteiger partial charge in [0.05, 0.1) is 33.2 Å². The molecular formula is C20H18ClN5O3. The Balaban J connectivity index is 1.72. The highest BCUT2D eigenvalue weighted by Gasteiger charge is 2.14. The van der Waals surface area contributed by atoms with Crippen molar-refractivity contribution in [3.63, 3.8) is 0 Å². The van der Waals surface area contributed by atoms with E-state index in [1.54, 1.807) is 51.9 Å². The fraction of sp³-hybridized carbons (Fsp3) is 0.150. The van der Waals surface area contributed by atoms with Crippen LogP contribution in [0.2, 0.25) is 5.15 Å². The molecule has 0 saturated heterocycles. The monoisotopic (exact) mass is 411 g/mol. The Bertz CT molecular complexity index is 1140. The summed E-state index contributed by atoms with van der Waals surface area (Å²) in [5.74, 6) is 2.01. The van der Waals surface area contributed by atoms with Gasteiger partial charge < -0.3 is 19.5 Å². The maximum Gasteiger partial charge on any atom is 0.229 e. The van der Waals surface area contributed by atoms with E-state index in [4.69, 9.17) is 25.8 Å². The number of fused-ring (bicyclic) bond motifs is 1. The van der Waals surface area contributed by atoms with E-state index in [9.17, 15) is 0 Å². The minimum atomic E-state index is 0.425. The third kappa shape index (κ3) is 3.62. The van der Waals surface area contributed by atoms with Gasteiger partial charge in [0.25, 0.3) is 0 Å². The van der Waals surface area contributed by atoms with Crippen LogP contribution in [0.4, 0.5) is 11.6 Å². The first-order chi connectivity index (χ1) is 14.1. The lowest BCUT2D eigenvalue weighted by Gasteiger charge is -2.14. The zero-order chi connectivity index (χ0) is 20.4. The largest absolute Gasteiger partial charge is 0.493 e. The molecule has 0 atom stereocenters. The number of rotatable bonds is 6. The SMILES string of the molecule is COc1cc(Nc2ncc3ccn(-c4ccc(Cl)nc4)c3n2)cc(OC)c1OC. The Kier molecular flexibility index (Phi) is 5.09. The second-order valence-corrected chi connectivity index (χ2v) is 6.42. The van der Waals surface area contributed by atoms with Crippen molar-refractivity contribution in [1.29, 1.82) is 0 Å². The van der Waals surface area contributed by atoms with Gasteiger partial charge in [-0.15, -0.1) is 0 Å². The van der Waals surface area contributed by atoms with E-state index in [1.165, 1.54) is 0 Å². The number of anilines is 2. The van der Waals surface area contributed by atoms with E-state index < -0.39 is 0 Å². The van der Waals surface area contributed by atoms with Crippen LogP contribution < -0.4 is 19.5 Å². The van der Waals surface area contributed by atoms with E-state index >= 15 is 0 Å². The molecule has 3 aromatic heterocycles. The van der Waals surface area contributed by atoms with Gasteiger partial charge in [0, 0.05) is 35.6 Å². The lowest BCUT2D eigenvalue weighted by molar-refractivity contribution is 0.324. The second kappa shape index (κ2) is 7.84. The molecule has 0 saturated carbocycles. The molecule has 0 amide bonds. The lowest BCUT2D eigenvalue weighted by Crippen LogP contribution is -2.02. The van der Waals surface area contributed by atoms with Crippen molar-refractivity contribution in [2.75, 3.05) is 26.6 Å². The summed E-state index contributed by atoms with van der Waals surface area (Å²) in [5.41, 5.74) is 2.28. The van der Waals surface area contributed by atoms with Crippen molar-refractivity contribution >= 4 is 34.3 Å². The maximum absolute atomic E-state index is 5.89. The summed E-state index contributed by atoms with van der Waals surface area (Å²) in [6, 6.07) is 9.13. The number of pyridine rings is 1. The molecule has 0 aliphatic rings. The Morgan fingerprint density at radius 1 is 0.931 bits per heavy atom. The summed E-state index contributed by atoms with van der Waals surface area (Å²) < 4.78 is 18.1. The van der Waals surface area contributed by atoms with Crippen LogP contribution in [-0.2, 0) is 0 Å². The van der Waals surface area contributed by atoms with Gasteiger partial charge in [0.1, 0.15) is 10.8 Å². The molecule has 0 aliphatic carbocycles. The number of halogens is 1. The quantitative estimate of drug-likeness (QED) is 0.475. The van der Waals surface area contributed by atoms with Gasteiger partial charge in [-0.3, -0.25) is 4.57 Å². The number of nitrogens with zero attached hydrogens (tertiary/aromatic N) is 4. The normalized spacial score (nSPS) is 10.8. The van der Waals surface area contributed by atoms with Crippen molar-refractivity contribution in [3.8, 4) is 22.9 Å². The van der Waals surface area contributed by atoms with E-state index in [0.717, 1.165) is 16.7 Å². The average Bonchev–Trinajstić information content (AvgIpc) is 3.16. The van der Waals surface area contributed by atoms with Crippen LogP contribution in [0, 0.1) is 0 Å².